The van der Waals surface area contributed by atoms with Gasteiger partial charge in [-0.05, 0) is 94.0 Å². The Kier molecular flexibility index (Phi) is 5.41. The van der Waals surface area contributed by atoms with Gasteiger partial charge in [-0.2, -0.15) is 0 Å². The molecule has 28 heavy (non-hydrogen) atoms. The van der Waals surface area contributed by atoms with Gasteiger partial charge in [-0.3, -0.25) is 0 Å². The molecule has 0 amide bonds. The number of halogens is 1. The van der Waals surface area contributed by atoms with Crippen molar-refractivity contribution < 1.29 is 9.53 Å². The highest BCUT2D eigenvalue weighted by molar-refractivity contribution is 14.1. The third-order valence-electron chi connectivity index (χ3n) is 4.23. The van der Waals surface area contributed by atoms with Crippen LogP contribution in [-0.2, 0) is 0 Å². The molecule has 3 heteroatoms. The highest BCUT2D eigenvalue weighted by atomic mass is 127. The molecular formula is C25H15IO2. The molecule has 134 valence electrons. The van der Waals surface area contributed by atoms with Crippen molar-refractivity contribution in [2.45, 2.75) is 0 Å². The van der Waals surface area contributed by atoms with E-state index in [1.165, 1.54) is 0 Å². The standard InChI is InChI=1S/C25H15IO2/c26-23-13-10-21(11-14-23)25(27)28-24-15-12-20-9-8-19(16-22(20)17-24)7-6-18-4-2-1-3-5-18/h1-5,8-17H. The molecule has 4 aromatic rings. The van der Waals surface area contributed by atoms with Crippen LogP contribution in [0.2, 0.25) is 0 Å². The molecule has 0 atom stereocenters. The van der Waals surface area contributed by atoms with Gasteiger partial charge in [0.1, 0.15) is 5.75 Å². The number of fused-ring (bicyclic) bond motifs is 1. The van der Waals surface area contributed by atoms with E-state index in [1.54, 1.807) is 12.1 Å². The van der Waals surface area contributed by atoms with Gasteiger partial charge in [-0.1, -0.05) is 42.2 Å². The molecule has 0 saturated carbocycles. The molecular weight excluding hydrogens is 459 g/mol. The predicted molar refractivity (Wildman–Crippen MR) is 120 cm³/mol. The highest BCUT2D eigenvalue weighted by Crippen LogP contribution is 2.23. The van der Waals surface area contributed by atoms with Gasteiger partial charge in [0.25, 0.3) is 0 Å². The van der Waals surface area contributed by atoms with Crippen LogP contribution in [0.4, 0.5) is 0 Å². The Hall–Kier alpha value is -3.10. The van der Waals surface area contributed by atoms with Crippen LogP contribution in [0, 0.1) is 15.4 Å². The van der Waals surface area contributed by atoms with Crippen LogP contribution in [0.5, 0.6) is 5.75 Å². The first-order valence-electron chi connectivity index (χ1n) is 8.76. The Bertz CT molecular complexity index is 1200. The highest BCUT2D eigenvalue weighted by Gasteiger charge is 2.09. The van der Waals surface area contributed by atoms with Crippen LogP contribution in [0.25, 0.3) is 10.8 Å². The van der Waals surface area contributed by atoms with Gasteiger partial charge < -0.3 is 4.74 Å². The smallest absolute Gasteiger partial charge is 0.343 e. The fourth-order valence-electron chi connectivity index (χ4n) is 2.78. The van der Waals surface area contributed by atoms with Crippen LogP contribution >= 0.6 is 22.6 Å². The van der Waals surface area contributed by atoms with E-state index in [9.17, 15) is 4.79 Å². The van der Waals surface area contributed by atoms with Gasteiger partial charge >= 0.3 is 5.97 Å². The molecule has 4 aromatic carbocycles. The number of ether oxygens (including phenoxy) is 1. The van der Waals surface area contributed by atoms with E-state index in [4.69, 9.17) is 4.74 Å². The fourth-order valence-corrected chi connectivity index (χ4v) is 3.14. The minimum atomic E-state index is -0.365. The third-order valence-corrected chi connectivity index (χ3v) is 4.95. The summed E-state index contributed by atoms with van der Waals surface area (Å²) in [5, 5.41) is 2.05. The van der Waals surface area contributed by atoms with Crippen molar-refractivity contribution in [2.75, 3.05) is 0 Å². The molecule has 0 saturated heterocycles. The van der Waals surface area contributed by atoms with E-state index in [-0.39, 0.29) is 5.97 Å². The number of carbonyl (C=O) groups is 1. The number of esters is 1. The Morgan fingerprint density at radius 1 is 0.714 bits per heavy atom. The van der Waals surface area contributed by atoms with Gasteiger partial charge in [0, 0.05) is 14.7 Å². The molecule has 0 spiro atoms. The molecule has 0 fully saturated rings. The van der Waals surface area contributed by atoms with Gasteiger partial charge in [-0.15, -0.1) is 0 Å². The number of hydrogen-bond donors (Lipinski definition) is 0. The zero-order chi connectivity index (χ0) is 19.3. The maximum Gasteiger partial charge on any atom is 0.343 e. The first-order valence-corrected chi connectivity index (χ1v) is 9.84. The van der Waals surface area contributed by atoms with E-state index in [1.807, 2.05) is 78.9 Å². The molecule has 0 aromatic heterocycles. The molecule has 0 unspecified atom stereocenters. The Morgan fingerprint density at radius 2 is 1.43 bits per heavy atom. The fraction of sp³-hybridized carbons (Fsp3) is 0. The van der Waals surface area contributed by atoms with Crippen LogP contribution in [0.3, 0.4) is 0 Å². The molecule has 0 aliphatic carbocycles. The second kappa shape index (κ2) is 8.28. The SMILES string of the molecule is O=C(Oc1ccc2ccc(C#Cc3ccccc3)cc2c1)c1ccc(I)cc1. The topological polar surface area (TPSA) is 26.3 Å². The molecule has 0 radical (unpaired) electrons. The lowest BCUT2D eigenvalue weighted by atomic mass is 10.1. The van der Waals surface area contributed by atoms with Gasteiger partial charge in [0.05, 0.1) is 5.56 Å². The van der Waals surface area contributed by atoms with Crippen molar-refractivity contribution in [1.82, 2.24) is 0 Å². The number of benzene rings is 4. The number of hydrogen-bond acceptors (Lipinski definition) is 2. The molecule has 0 aliphatic rings. The minimum Gasteiger partial charge on any atom is -0.423 e. The predicted octanol–water partition coefficient (Wildman–Crippen LogP) is 6.06. The second-order valence-electron chi connectivity index (χ2n) is 6.24. The van der Waals surface area contributed by atoms with Crippen molar-refractivity contribution in [3.8, 4) is 17.6 Å². The van der Waals surface area contributed by atoms with Crippen LogP contribution in [0.1, 0.15) is 21.5 Å². The van der Waals surface area contributed by atoms with Gasteiger partial charge in [0.15, 0.2) is 0 Å². The van der Waals surface area contributed by atoms with Crippen molar-refractivity contribution in [2.24, 2.45) is 0 Å². The van der Waals surface area contributed by atoms with Crippen LogP contribution < -0.4 is 4.74 Å². The van der Waals surface area contributed by atoms with E-state index in [0.29, 0.717) is 11.3 Å². The van der Waals surface area contributed by atoms with Crippen molar-refractivity contribution in [3.63, 3.8) is 0 Å². The van der Waals surface area contributed by atoms with Crippen LogP contribution in [-0.4, -0.2) is 5.97 Å². The van der Waals surface area contributed by atoms with E-state index >= 15 is 0 Å². The van der Waals surface area contributed by atoms with Gasteiger partial charge in [0.2, 0.25) is 0 Å². The maximum atomic E-state index is 12.3. The summed E-state index contributed by atoms with van der Waals surface area (Å²) >= 11 is 2.20. The Morgan fingerprint density at radius 3 is 2.21 bits per heavy atom. The quantitative estimate of drug-likeness (QED) is 0.153. The van der Waals surface area contributed by atoms with Crippen LogP contribution in [0.15, 0.2) is 91.0 Å². The average Bonchev–Trinajstić information content (AvgIpc) is 2.73. The minimum absolute atomic E-state index is 0.365. The lowest BCUT2D eigenvalue weighted by Crippen LogP contribution is -2.08. The summed E-state index contributed by atoms with van der Waals surface area (Å²) in [7, 11) is 0. The lowest BCUT2D eigenvalue weighted by Gasteiger charge is -2.06. The normalized spacial score (nSPS) is 10.2. The van der Waals surface area contributed by atoms with E-state index in [2.05, 4.69) is 34.4 Å². The molecule has 4 rings (SSSR count). The number of carbonyl (C=O) groups excluding carboxylic acids is 1. The molecule has 0 bridgehead atoms. The molecule has 0 heterocycles. The first kappa shape index (κ1) is 18.3. The molecule has 2 nitrogen and oxygen atoms in total. The van der Waals surface area contributed by atoms with Crippen molar-refractivity contribution in [3.05, 3.63) is 111 Å². The maximum absolute atomic E-state index is 12.3. The molecule has 0 N–H and O–H groups in total. The summed E-state index contributed by atoms with van der Waals surface area (Å²) in [6.45, 7) is 0. The Labute approximate surface area is 177 Å². The van der Waals surface area contributed by atoms with Crippen molar-refractivity contribution in [1.29, 1.82) is 0 Å². The molecule has 0 aliphatic heterocycles. The van der Waals surface area contributed by atoms with E-state index in [0.717, 1.165) is 25.5 Å². The summed E-state index contributed by atoms with van der Waals surface area (Å²) in [6.07, 6.45) is 0. The lowest BCUT2D eigenvalue weighted by molar-refractivity contribution is 0.0735. The largest absolute Gasteiger partial charge is 0.423 e. The monoisotopic (exact) mass is 474 g/mol. The summed E-state index contributed by atoms with van der Waals surface area (Å²) in [5.41, 5.74) is 2.42. The second-order valence-corrected chi connectivity index (χ2v) is 7.48. The van der Waals surface area contributed by atoms with E-state index < -0.39 is 0 Å². The van der Waals surface area contributed by atoms with Crippen molar-refractivity contribution >= 4 is 39.3 Å². The summed E-state index contributed by atoms with van der Waals surface area (Å²) in [4.78, 5) is 12.3. The zero-order valence-electron chi connectivity index (χ0n) is 14.9. The van der Waals surface area contributed by atoms with Gasteiger partial charge in [-0.25, -0.2) is 4.79 Å². The third kappa shape index (κ3) is 4.41. The number of rotatable bonds is 2. The Balaban J connectivity index is 1.58. The average molecular weight is 474 g/mol. The summed E-state index contributed by atoms with van der Waals surface area (Å²) < 4.78 is 6.61. The summed E-state index contributed by atoms with van der Waals surface area (Å²) in [6, 6.07) is 28.8. The summed E-state index contributed by atoms with van der Waals surface area (Å²) in [5.74, 6) is 6.50. The first-order chi connectivity index (χ1) is 13.7. The zero-order valence-corrected chi connectivity index (χ0v) is 17.0.